The number of alkyl halides is 2. The van der Waals surface area contributed by atoms with Crippen molar-refractivity contribution in [1.29, 1.82) is 0 Å². The van der Waals surface area contributed by atoms with E-state index < -0.39 is 36.7 Å². The number of hydrogen-bond donors (Lipinski definition) is 4. The van der Waals surface area contributed by atoms with Crippen LogP contribution < -0.4 is 5.73 Å². The van der Waals surface area contributed by atoms with Gasteiger partial charge in [-0.2, -0.15) is 0 Å². The zero-order chi connectivity index (χ0) is 16.1. The Balaban J connectivity index is 2.11. The minimum atomic E-state index is -3.45. The Hall–Kier alpha value is -1.91. The summed E-state index contributed by atoms with van der Waals surface area (Å²) in [6.45, 7) is -0.517. The molecule has 2 aromatic rings. The van der Waals surface area contributed by atoms with Crippen molar-refractivity contribution in [3.63, 3.8) is 0 Å². The fourth-order valence-electron chi connectivity index (χ4n) is 3.03. The number of imidazole rings is 1. The van der Waals surface area contributed by atoms with Gasteiger partial charge >= 0.3 is 0 Å². The molecule has 1 fully saturated rings. The van der Waals surface area contributed by atoms with Gasteiger partial charge in [-0.25, -0.2) is 23.7 Å². The minimum absolute atomic E-state index is 0.0343. The summed E-state index contributed by atoms with van der Waals surface area (Å²) in [6.07, 6.45) is -1.52. The Morgan fingerprint density at radius 1 is 1.23 bits per heavy atom. The number of aliphatic hydroxyl groups excluding tert-OH is 3. The molecule has 2 aromatic heterocycles. The second-order valence-corrected chi connectivity index (χ2v) is 5.30. The van der Waals surface area contributed by atoms with Crippen LogP contribution in [-0.4, -0.2) is 59.6 Å². The highest BCUT2D eigenvalue weighted by Gasteiger charge is 2.62. The Bertz CT molecular complexity index is 694. The van der Waals surface area contributed by atoms with Crippen LogP contribution in [0.2, 0.25) is 0 Å². The van der Waals surface area contributed by atoms with E-state index in [0.29, 0.717) is 0 Å². The van der Waals surface area contributed by atoms with Gasteiger partial charge in [0, 0.05) is 6.61 Å². The lowest BCUT2D eigenvalue weighted by atomic mass is 9.98. The molecule has 0 aliphatic heterocycles. The standard InChI is InChI=1S/C12H15F2N5O3/c13-12(14)5(1-2-20)7(21)8(22)9(12)19-4-18-6-10(15)16-3-17-11(6)19/h3-5,7-9,20-22H,1-2H2,(H2,15,16,17)/t5-,7-,8-,9+/m1/s1. The number of rotatable bonds is 3. The van der Waals surface area contributed by atoms with Gasteiger partial charge in [0.05, 0.1) is 18.3 Å². The fraction of sp³-hybridized carbons (Fsp3) is 0.583. The average molecular weight is 315 g/mol. The van der Waals surface area contributed by atoms with E-state index >= 15 is 0 Å². The number of nitrogens with two attached hydrogens (primary N) is 1. The number of nitrogen functional groups attached to an aromatic ring is 1. The molecule has 5 N–H and O–H groups in total. The average Bonchev–Trinajstić information content (AvgIpc) is 2.94. The van der Waals surface area contributed by atoms with Crippen LogP contribution in [0.5, 0.6) is 0 Å². The molecular formula is C12H15F2N5O3. The van der Waals surface area contributed by atoms with Gasteiger partial charge in [-0.1, -0.05) is 0 Å². The first-order valence-electron chi connectivity index (χ1n) is 6.67. The molecule has 120 valence electrons. The molecule has 0 spiro atoms. The van der Waals surface area contributed by atoms with Crippen molar-refractivity contribution >= 4 is 17.0 Å². The molecule has 0 radical (unpaired) electrons. The molecule has 1 saturated carbocycles. The molecule has 4 atom stereocenters. The van der Waals surface area contributed by atoms with E-state index in [4.69, 9.17) is 10.8 Å². The molecule has 2 heterocycles. The number of aliphatic hydroxyl groups is 3. The van der Waals surface area contributed by atoms with Gasteiger partial charge in [-0.3, -0.25) is 0 Å². The molecule has 0 aromatic carbocycles. The summed E-state index contributed by atoms with van der Waals surface area (Å²) in [6, 6.07) is -1.75. The van der Waals surface area contributed by atoms with E-state index in [0.717, 1.165) is 17.2 Å². The van der Waals surface area contributed by atoms with E-state index in [9.17, 15) is 19.0 Å². The summed E-state index contributed by atoms with van der Waals surface area (Å²) in [5.41, 5.74) is 5.81. The summed E-state index contributed by atoms with van der Waals surface area (Å²) < 4.78 is 30.2. The predicted octanol–water partition coefficient (Wildman–Crippen LogP) is -0.681. The van der Waals surface area contributed by atoms with Crippen molar-refractivity contribution in [2.75, 3.05) is 12.3 Å². The Morgan fingerprint density at radius 2 is 1.95 bits per heavy atom. The Labute approximate surface area is 123 Å². The van der Waals surface area contributed by atoms with Crippen LogP contribution in [0.25, 0.3) is 11.2 Å². The van der Waals surface area contributed by atoms with E-state index in [-0.39, 0.29) is 23.4 Å². The second kappa shape index (κ2) is 5.07. The van der Waals surface area contributed by atoms with Gasteiger partial charge < -0.3 is 25.6 Å². The summed E-state index contributed by atoms with van der Waals surface area (Å²) in [7, 11) is 0. The summed E-state index contributed by atoms with van der Waals surface area (Å²) in [5.74, 6) is -4.98. The molecule has 8 nitrogen and oxygen atoms in total. The molecule has 0 amide bonds. The molecule has 1 aliphatic rings. The Kier molecular flexibility index (Phi) is 3.46. The van der Waals surface area contributed by atoms with Gasteiger partial charge in [0.1, 0.15) is 24.0 Å². The van der Waals surface area contributed by atoms with E-state index in [1.807, 2.05) is 0 Å². The third kappa shape index (κ3) is 1.95. The van der Waals surface area contributed by atoms with Crippen LogP contribution in [0.15, 0.2) is 12.7 Å². The molecular weight excluding hydrogens is 300 g/mol. The van der Waals surface area contributed by atoms with E-state index in [1.54, 1.807) is 0 Å². The van der Waals surface area contributed by atoms with Crippen LogP contribution in [0.1, 0.15) is 12.5 Å². The zero-order valence-corrected chi connectivity index (χ0v) is 11.3. The summed E-state index contributed by atoms with van der Waals surface area (Å²) >= 11 is 0. The van der Waals surface area contributed by atoms with Gasteiger partial charge in [0.2, 0.25) is 0 Å². The first kappa shape index (κ1) is 15.0. The van der Waals surface area contributed by atoms with Crippen LogP contribution in [0, 0.1) is 5.92 Å². The number of nitrogens with zero attached hydrogens (tertiary/aromatic N) is 4. The van der Waals surface area contributed by atoms with Crippen molar-refractivity contribution in [2.45, 2.75) is 30.6 Å². The van der Waals surface area contributed by atoms with Crippen molar-refractivity contribution in [3.05, 3.63) is 12.7 Å². The smallest absolute Gasteiger partial charge is 0.276 e. The van der Waals surface area contributed by atoms with Crippen LogP contribution in [0.3, 0.4) is 0 Å². The summed E-state index contributed by atoms with van der Waals surface area (Å²) in [4.78, 5) is 11.5. The summed E-state index contributed by atoms with van der Waals surface area (Å²) in [5, 5.41) is 28.8. The monoisotopic (exact) mass is 315 g/mol. The number of halogens is 2. The van der Waals surface area contributed by atoms with E-state index in [2.05, 4.69) is 15.0 Å². The highest BCUT2D eigenvalue weighted by atomic mass is 19.3. The zero-order valence-electron chi connectivity index (χ0n) is 11.3. The van der Waals surface area contributed by atoms with Crippen molar-refractivity contribution in [1.82, 2.24) is 19.5 Å². The quantitative estimate of drug-likeness (QED) is 0.590. The number of anilines is 1. The normalized spacial score (nSPS) is 31.0. The lowest BCUT2D eigenvalue weighted by Gasteiger charge is -2.25. The van der Waals surface area contributed by atoms with Gasteiger partial charge in [0.25, 0.3) is 5.92 Å². The molecule has 0 unspecified atom stereocenters. The van der Waals surface area contributed by atoms with Crippen LogP contribution in [-0.2, 0) is 0 Å². The lowest BCUT2D eigenvalue weighted by molar-refractivity contribution is -0.0922. The van der Waals surface area contributed by atoms with Crippen LogP contribution in [0.4, 0.5) is 14.6 Å². The largest absolute Gasteiger partial charge is 0.396 e. The first-order chi connectivity index (χ1) is 10.4. The van der Waals surface area contributed by atoms with Gasteiger partial charge in [-0.05, 0) is 6.42 Å². The highest BCUT2D eigenvalue weighted by Crippen LogP contribution is 2.50. The molecule has 0 bridgehead atoms. The maximum atomic E-state index is 14.6. The molecule has 0 saturated heterocycles. The maximum absolute atomic E-state index is 14.6. The molecule has 22 heavy (non-hydrogen) atoms. The first-order valence-corrected chi connectivity index (χ1v) is 6.67. The number of fused-ring (bicyclic) bond motifs is 1. The van der Waals surface area contributed by atoms with Crippen molar-refractivity contribution in [3.8, 4) is 0 Å². The lowest BCUT2D eigenvalue weighted by Crippen LogP contribution is -2.35. The molecule has 1 aliphatic carbocycles. The van der Waals surface area contributed by atoms with Crippen molar-refractivity contribution in [2.24, 2.45) is 5.92 Å². The number of hydrogen-bond acceptors (Lipinski definition) is 7. The minimum Gasteiger partial charge on any atom is -0.396 e. The van der Waals surface area contributed by atoms with Crippen molar-refractivity contribution < 1.29 is 24.1 Å². The topological polar surface area (TPSA) is 130 Å². The van der Waals surface area contributed by atoms with E-state index in [1.165, 1.54) is 0 Å². The molecule has 10 heteroatoms. The fourth-order valence-corrected chi connectivity index (χ4v) is 3.03. The van der Waals surface area contributed by atoms with Gasteiger partial charge in [0.15, 0.2) is 11.5 Å². The second-order valence-electron chi connectivity index (χ2n) is 5.30. The predicted molar refractivity (Wildman–Crippen MR) is 70.9 cm³/mol. The van der Waals surface area contributed by atoms with Crippen LogP contribution >= 0.6 is 0 Å². The SMILES string of the molecule is Nc1ncnc2c1ncn2[C@H]1[C@H](O)[C@H](O)[C@@H](CCO)C1(F)F. The van der Waals surface area contributed by atoms with Gasteiger partial charge in [-0.15, -0.1) is 0 Å². The molecule has 3 rings (SSSR count). The highest BCUT2D eigenvalue weighted by molar-refractivity contribution is 5.81. The third-order valence-corrected chi connectivity index (χ3v) is 4.10. The third-order valence-electron chi connectivity index (χ3n) is 4.10. The number of aromatic nitrogens is 4. The maximum Gasteiger partial charge on any atom is 0.276 e. The Morgan fingerprint density at radius 3 is 2.64 bits per heavy atom.